The van der Waals surface area contributed by atoms with Gasteiger partial charge in [-0.2, -0.15) is 11.8 Å². The summed E-state index contributed by atoms with van der Waals surface area (Å²) in [4.78, 5) is 11.9. The Hall–Kier alpha value is -2.00. The van der Waals surface area contributed by atoms with E-state index >= 15 is 0 Å². The molecule has 0 bridgehead atoms. The Labute approximate surface area is 162 Å². The monoisotopic (exact) mass is 367 g/mol. The first kappa shape index (κ1) is 20.3. The van der Waals surface area contributed by atoms with Crippen LogP contribution in [-0.2, 0) is 16.0 Å². The molecule has 0 heterocycles. The van der Waals surface area contributed by atoms with Crippen molar-refractivity contribution in [1.82, 2.24) is 5.32 Å². The maximum atomic E-state index is 11.9. The number of amides is 1. The first-order valence-electron chi connectivity index (χ1n) is 9.04. The van der Waals surface area contributed by atoms with Gasteiger partial charge < -0.3 is 5.32 Å². The Bertz CT molecular complexity index is 724. The minimum Gasteiger partial charge on any atom is -0.352 e. The minimum atomic E-state index is -0.0409. The molecule has 2 aromatic carbocycles. The van der Waals surface area contributed by atoms with Gasteiger partial charge in [0.05, 0.1) is 0 Å². The topological polar surface area (TPSA) is 29.1 Å². The Morgan fingerprint density at radius 1 is 1.04 bits per heavy atom. The van der Waals surface area contributed by atoms with Gasteiger partial charge in [0.15, 0.2) is 0 Å². The van der Waals surface area contributed by atoms with E-state index in [1.54, 1.807) is 6.08 Å². The lowest BCUT2D eigenvalue weighted by Crippen LogP contribution is -2.23. The standard InChI is InChI=1S/C23H29NOS/c1-18-5-7-20(8-6-18)17-26-16-15-24-22(25)14-11-19-9-12-21(13-10-19)23(2,3)4/h5-14H,15-17H2,1-4H3,(H,24,25)/b14-11+. The quantitative estimate of drug-likeness (QED) is 0.527. The SMILES string of the molecule is Cc1ccc(CSCCNC(=O)/C=C/c2ccc(C(C)(C)C)cc2)cc1. The average molecular weight is 368 g/mol. The third kappa shape index (κ3) is 7.09. The molecule has 0 aliphatic carbocycles. The first-order valence-corrected chi connectivity index (χ1v) is 10.2. The van der Waals surface area contributed by atoms with Crippen molar-refractivity contribution in [3.8, 4) is 0 Å². The third-order valence-electron chi connectivity index (χ3n) is 4.14. The van der Waals surface area contributed by atoms with Crippen molar-refractivity contribution in [2.75, 3.05) is 12.3 Å². The van der Waals surface area contributed by atoms with Gasteiger partial charge in [-0.3, -0.25) is 4.79 Å². The van der Waals surface area contributed by atoms with E-state index in [0.717, 1.165) is 17.1 Å². The Morgan fingerprint density at radius 3 is 2.31 bits per heavy atom. The molecule has 1 N–H and O–H groups in total. The maximum absolute atomic E-state index is 11.9. The number of nitrogens with one attached hydrogen (secondary N) is 1. The maximum Gasteiger partial charge on any atom is 0.244 e. The molecule has 1 amide bonds. The number of benzene rings is 2. The van der Waals surface area contributed by atoms with Crippen LogP contribution < -0.4 is 5.32 Å². The van der Waals surface area contributed by atoms with Gasteiger partial charge in [-0.1, -0.05) is 74.9 Å². The molecule has 0 saturated heterocycles. The van der Waals surface area contributed by atoms with E-state index < -0.39 is 0 Å². The van der Waals surface area contributed by atoms with Crippen LogP contribution in [0.5, 0.6) is 0 Å². The molecular weight excluding hydrogens is 338 g/mol. The number of carbonyl (C=O) groups is 1. The van der Waals surface area contributed by atoms with Crippen molar-refractivity contribution >= 4 is 23.7 Å². The van der Waals surface area contributed by atoms with Crippen LogP contribution in [0, 0.1) is 6.92 Å². The second kappa shape index (κ2) is 9.63. The average Bonchev–Trinajstić information content (AvgIpc) is 2.61. The smallest absolute Gasteiger partial charge is 0.244 e. The first-order chi connectivity index (χ1) is 12.3. The molecule has 2 nitrogen and oxygen atoms in total. The Balaban J connectivity index is 1.68. The molecule has 0 aliphatic heterocycles. The molecule has 0 aromatic heterocycles. The Morgan fingerprint density at radius 2 is 1.69 bits per heavy atom. The van der Waals surface area contributed by atoms with Gasteiger partial charge >= 0.3 is 0 Å². The zero-order valence-corrected chi connectivity index (χ0v) is 17.0. The van der Waals surface area contributed by atoms with Crippen LogP contribution in [0.25, 0.3) is 6.08 Å². The highest BCUT2D eigenvalue weighted by Crippen LogP contribution is 2.22. The summed E-state index contributed by atoms with van der Waals surface area (Å²) in [6.45, 7) is 9.37. The van der Waals surface area contributed by atoms with Crippen LogP contribution in [0.15, 0.2) is 54.6 Å². The van der Waals surface area contributed by atoms with Gasteiger partial charge in [-0.05, 0) is 35.1 Å². The van der Waals surface area contributed by atoms with E-state index in [2.05, 4.69) is 81.5 Å². The molecule has 26 heavy (non-hydrogen) atoms. The van der Waals surface area contributed by atoms with Crippen molar-refractivity contribution in [2.45, 2.75) is 38.9 Å². The number of hydrogen-bond acceptors (Lipinski definition) is 2. The fraction of sp³-hybridized carbons (Fsp3) is 0.348. The molecule has 0 radical (unpaired) electrons. The van der Waals surface area contributed by atoms with Crippen LogP contribution in [0.2, 0.25) is 0 Å². The lowest BCUT2D eigenvalue weighted by Gasteiger charge is -2.18. The van der Waals surface area contributed by atoms with Crippen molar-refractivity contribution in [3.63, 3.8) is 0 Å². The normalized spacial score (nSPS) is 11.7. The van der Waals surface area contributed by atoms with Crippen LogP contribution in [0.3, 0.4) is 0 Å². The van der Waals surface area contributed by atoms with E-state index in [1.807, 2.05) is 17.8 Å². The number of rotatable bonds is 7. The number of aryl methyl sites for hydroxylation is 1. The molecule has 0 fully saturated rings. The molecule has 138 valence electrons. The second-order valence-corrected chi connectivity index (χ2v) is 8.64. The summed E-state index contributed by atoms with van der Waals surface area (Å²) in [6, 6.07) is 17.0. The molecule has 2 aromatic rings. The predicted octanol–water partition coefficient (Wildman–Crippen LogP) is 5.36. The number of carbonyl (C=O) groups excluding carboxylic acids is 1. The van der Waals surface area contributed by atoms with Gasteiger partial charge in [0.1, 0.15) is 0 Å². The molecule has 3 heteroatoms. The van der Waals surface area contributed by atoms with Crippen LogP contribution in [0.4, 0.5) is 0 Å². The summed E-state index contributed by atoms with van der Waals surface area (Å²) in [6.07, 6.45) is 3.47. The summed E-state index contributed by atoms with van der Waals surface area (Å²) >= 11 is 1.83. The van der Waals surface area contributed by atoms with Gasteiger partial charge in [0, 0.05) is 24.1 Å². The van der Waals surface area contributed by atoms with Gasteiger partial charge in [0.25, 0.3) is 0 Å². The van der Waals surface area contributed by atoms with Crippen molar-refractivity contribution < 1.29 is 4.79 Å². The van der Waals surface area contributed by atoms with Crippen molar-refractivity contribution in [3.05, 3.63) is 76.9 Å². The Kier molecular flexibility index (Phi) is 7.52. The lowest BCUT2D eigenvalue weighted by molar-refractivity contribution is -0.116. The summed E-state index contributed by atoms with van der Waals surface area (Å²) in [7, 11) is 0. The molecule has 0 saturated carbocycles. The summed E-state index contributed by atoms with van der Waals surface area (Å²) in [5, 5.41) is 2.94. The summed E-state index contributed by atoms with van der Waals surface area (Å²) in [5.74, 6) is 1.85. The van der Waals surface area contributed by atoms with Crippen LogP contribution in [0.1, 0.15) is 43.0 Å². The second-order valence-electron chi connectivity index (χ2n) is 7.53. The summed E-state index contributed by atoms with van der Waals surface area (Å²) in [5.41, 5.74) is 5.10. The number of thioether (sulfide) groups is 1. The van der Waals surface area contributed by atoms with Gasteiger partial charge in [-0.25, -0.2) is 0 Å². The minimum absolute atomic E-state index is 0.0409. The highest BCUT2D eigenvalue weighted by Gasteiger charge is 2.12. The zero-order chi connectivity index (χ0) is 19.0. The van der Waals surface area contributed by atoms with Gasteiger partial charge in [0.2, 0.25) is 5.91 Å². The largest absolute Gasteiger partial charge is 0.352 e. The molecule has 0 atom stereocenters. The number of hydrogen-bond donors (Lipinski definition) is 1. The van der Waals surface area contributed by atoms with Crippen molar-refractivity contribution in [1.29, 1.82) is 0 Å². The fourth-order valence-corrected chi connectivity index (χ4v) is 3.26. The van der Waals surface area contributed by atoms with E-state index in [4.69, 9.17) is 0 Å². The zero-order valence-electron chi connectivity index (χ0n) is 16.2. The molecule has 0 aliphatic rings. The highest BCUT2D eigenvalue weighted by molar-refractivity contribution is 7.98. The molecule has 0 spiro atoms. The van der Waals surface area contributed by atoms with Crippen molar-refractivity contribution in [2.24, 2.45) is 0 Å². The predicted molar refractivity (Wildman–Crippen MR) is 115 cm³/mol. The fourth-order valence-electron chi connectivity index (χ4n) is 2.45. The molecular formula is C23H29NOS. The van der Waals surface area contributed by atoms with E-state index in [1.165, 1.54) is 16.7 Å². The molecule has 0 unspecified atom stereocenters. The van der Waals surface area contributed by atoms with E-state index in [-0.39, 0.29) is 11.3 Å². The van der Waals surface area contributed by atoms with E-state index in [9.17, 15) is 4.79 Å². The van der Waals surface area contributed by atoms with Gasteiger partial charge in [-0.15, -0.1) is 0 Å². The summed E-state index contributed by atoms with van der Waals surface area (Å²) < 4.78 is 0. The van der Waals surface area contributed by atoms with Crippen LogP contribution >= 0.6 is 11.8 Å². The third-order valence-corrected chi connectivity index (χ3v) is 5.17. The lowest BCUT2D eigenvalue weighted by atomic mass is 9.87. The van der Waals surface area contributed by atoms with E-state index in [0.29, 0.717) is 6.54 Å². The van der Waals surface area contributed by atoms with Crippen LogP contribution in [-0.4, -0.2) is 18.2 Å². The highest BCUT2D eigenvalue weighted by atomic mass is 32.2. The molecule has 2 rings (SSSR count).